The van der Waals surface area contributed by atoms with Gasteiger partial charge in [0.2, 0.25) is 11.9 Å². The van der Waals surface area contributed by atoms with Crippen molar-refractivity contribution in [3.63, 3.8) is 0 Å². The van der Waals surface area contributed by atoms with Crippen LogP contribution in [-0.2, 0) is 16.0 Å². The molecule has 2 aromatic rings. The molecule has 1 saturated heterocycles. The highest BCUT2D eigenvalue weighted by Crippen LogP contribution is 2.21. The molecule has 32 heavy (non-hydrogen) atoms. The number of aromatic nitrogens is 2. The summed E-state index contributed by atoms with van der Waals surface area (Å²) in [6, 6.07) is 9.45. The Bertz CT molecular complexity index is 888. The second-order valence-electron chi connectivity index (χ2n) is 7.69. The molecule has 1 aromatic heterocycles. The minimum atomic E-state index is -1.31. The highest BCUT2D eigenvalue weighted by atomic mass is 35.5. The number of hydrogen-bond acceptors (Lipinski definition) is 7. The van der Waals surface area contributed by atoms with E-state index in [1.165, 1.54) is 0 Å². The number of ether oxygens (including phenoxy) is 1. The Morgan fingerprint density at radius 2 is 1.94 bits per heavy atom. The van der Waals surface area contributed by atoms with Crippen molar-refractivity contribution >= 4 is 29.7 Å². The standard InChI is InChI=1S/C23H29ClN4O4/c1-2-32-18-8-6-17(7-9-18)4-3-5-19(20(30)16-29)22(31)27-12-14-28(15-13-27)23-25-11-10-21(24)26-23/h6-11,16,19-20,30H,2-5,12-15H2,1H3/t19-,20-/m1/s1. The minimum Gasteiger partial charge on any atom is -0.494 e. The number of carbonyl (C=O) groups is 2. The van der Waals surface area contributed by atoms with Gasteiger partial charge in [0.25, 0.3) is 0 Å². The van der Waals surface area contributed by atoms with E-state index in [2.05, 4.69) is 9.97 Å². The molecule has 9 heteroatoms. The monoisotopic (exact) mass is 460 g/mol. The number of halogens is 1. The third-order valence-corrected chi connectivity index (χ3v) is 5.78. The Labute approximate surface area is 193 Å². The number of aryl methyl sites for hydroxylation is 1. The van der Waals surface area contributed by atoms with E-state index < -0.39 is 12.0 Å². The van der Waals surface area contributed by atoms with Gasteiger partial charge in [0, 0.05) is 32.4 Å². The zero-order valence-corrected chi connectivity index (χ0v) is 18.9. The summed E-state index contributed by atoms with van der Waals surface area (Å²) >= 11 is 5.94. The SMILES string of the molecule is CCOc1ccc(CCC[C@@H](C(=O)N2CCN(c3nccc(Cl)n3)CC2)[C@H](O)C=O)cc1. The fourth-order valence-corrected chi connectivity index (χ4v) is 3.95. The number of rotatable bonds is 10. The van der Waals surface area contributed by atoms with Gasteiger partial charge in [0.05, 0.1) is 12.5 Å². The number of anilines is 1. The van der Waals surface area contributed by atoms with E-state index in [1.807, 2.05) is 36.1 Å². The van der Waals surface area contributed by atoms with Gasteiger partial charge in [-0.3, -0.25) is 4.79 Å². The maximum Gasteiger partial charge on any atom is 0.228 e. The van der Waals surface area contributed by atoms with E-state index in [0.29, 0.717) is 63.0 Å². The number of aliphatic hydroxyl groups excluding tert-OH is 1. The fourth-order valence-electron chi connectivity index (χ4n) is 3.82. The lowest BCUT2D eigenvalue weighted by molar-refractivity contribution is -0.142. The zero-order valence-electron chi connectivity index (χ0n) is 18.2. The van der Waals surface area contributed by atoms with Crippen molar-refractivity contribution in [2.75, 3.05) is 37.7 Å². The van der Waals surface area contributed by atoms with Gasteiger partial charge in [-0.2, -0.15) is 0 Å². The molecule has 0 bridgehead atoms. The van der Waals surface area contributed by atoms with Gasteiger partial charge < -0.3 is 24.4 Å². The number of aldehydes is 1. The Kier molecular flexibility index (Phi) is 8.81. The Hall–Kier alpha value is -2.71. The summed E-state index contributed by atoms with van der Waals surface area (Å²) < 4.78 is 5.45. The molecule has 1 aliphatic rings. The maximum atomic E-state index is 13.1. The molecule has 0 aliphatic carbocycles. The minimum absolute atomic E-state index is 0.192. The normalized spacial score (nSPS) is 15.8. The lowest BCUT2D eigenvalue weighted by Gasteiger charge is -2.36. The molecule has 1 aliphatic heterocycles. The van der Waals surface area contributed by atoms with Crippen LogP contribution in [0, 0.1) is 5.92 Å². The average Bonchev–Trinajstić information content (AvgIpc) is 2.82. The van der Waals surface area contributed by atoms with Gasteiger partial charge >= 0.3 is 0 Å². The molecule has 1 N–H and O–H groups in total. The molecule has 0 unspecified atom stereocenters. The first-order valence-corrected chi connectivity index (χ1v) is 11.3. The van der Waals surface area contributed by atoms with Crippen LogP contribution in [-0.4, -0.2) is 71.1 Å². The van der Waals surface area contributed by atoms with Gasteiger partial charge in [-0.05, 0) is 49.9 Å². The lowest BCUT2D eigenvalue weighted by atomic mass is 9.93. The number of nitrogens with zero attached hydrogens (tertiary/aromatic N) is 4. The topological polar surface area (TPSA) is 95.9 Å². The molecule has 0 radical (unpaired) electrons. The van der Waals surface area contributed by atoms with Crippen molar-refractivity contribution < 1.29 is 19.4 Å². The Balaban J connectivity index is 1.53. The lowest BCUT2D eigenvalue weighted by Crippen LogP contribution is -2.52. The zero-order chi connectivity index (χ0) is 22.9. The largest absolute Gasteiger partial charge is 0.494 e. The van der Waals surface area contributed by atoms with Gasteiger partial charge in [-0.1, -0.05) is 23.7 Å². The quantitative estimate of drug-likeness (QED) is 0.429. The van der Waals surface area contributed by atoms with Crippen LogP contribution in [0.1, 0.15) is 25.3 Å². The molecule has 2 atom stereocenters. The summed E-state index contributed by atoms with van der Waals surface area (Å²) in [4.78, 5) is 36.4. The van der Waals surface area contributed by atoms with E-state index in [0.717, 1.165) is 17.7 Å². The van der Waals surface area contributed by atoms with Gasteiger partial charge in [0.1, 0.15) is 23.3 Å². The molecule has 8 nitrogen and oxygen atoms in total. The highest BCUT2D eigenvalue weighted by Gasteiger charge is 2.32. The molecule has 0 spiro atoms. The molecule has 3 rings (SSSR count). The van der Waals surface area contributed by atoms with Crippen molar-refractivity contribution in [3.05, 3.63) is 47.2 Å². The molecular formula is C23H29ClN4O4. The van der Waals surface area contributed by atoms with Crippen LogP contribution in [0.25, 0.3) is 0 Å². The fraction of sp³-hybridized carbons (Fsp3) is 0.478. The Morgan fingerprint density at radius 1 is 1.22 bits per heavy atom. The first-order chi connectivity index (χ1) is 15.5. The maximum absolute atomic E-state index is 13.1. The van der Waals surface area contributed by atoms with E-state index in [9.17, 15) is 14.7 Å². The summed E-state index contributed by atoms with van der Waals surface area (Å²) in [6.07, 6.45) is 2.62. The molecule has 172 valence electrons. The van der Waals surface area contributed by atoms with Crippen LogP contribution in [0.15, 0.2) is 36.5 Å². The summed E-state index contributed by atoms with van der Waals surface area (Å²) in [6.45, 7) is 4.61. The van der Waals surface area contributed by atoms with Crippen LogP contribution in [0.3, 0.4) is 0 Å². The third-order valence-electron chi connectivity index (χ3n) is 5.57. The molecule has 1 amide bonds. The van der Waals surface area contributed by atoms with Crippen LogP contribution < -0.4 is 9.64 Å². The molecule has 0 saturated carbocycles. The van der Waals surface area contributed by atoms with Crippen LogP contribution in [0.4, 0.5) is 5.95 Å². The Morgan fingerprint density at radius 3 is 2.56 bits per heavy atom. The van der Waals surface area contributed by atoms with Crippen molar-refractivity contribution in [1.82, 2.24) is 14.9 Å². The number of carbonyl (C=O) groups excluding carboxylic acids is 2. The smallest absolute Gasteiger partial charge is 0.228 e. The summed E-state index contributed by atoms with van der Waals surface area (Å²) in [5.74, 6) is 0.416. The first-order valence-electron chi connectivity index (χ1n) is 10.9. The highest BCUT2D eigenvalue weighted by molar-refractivity contribution is 6.29. The number of benzene rings is 1. The molecule has 2 heterocycles. The molecule has 1 aromatic carbocycles. The van der Waals surface area contributed by atoms with Crippen molar-refractivity contribution in [1.29, 1.82) is 0 Å². The van der Waals surface area contributed by atoms with Crippen LogP contribution in [0.5, 0.6) is 5.75 Å². The second kappa shape index (κ2) is 11.8. The first kappa shape index (κ1) is 23.9. The van der Waals surface area contributed by atoms with Gasteiger partial charge in [-0.25, -0.2) is 9.97 Å². The summed E-state index contributed by atoms with van der Waals surface area (Å²) in [5.41, 5.74) is 1.12. The van der Waals surface area contributed by atoms with E-state index in [4.69, 9.17) is 16.3 Å². The molecular weight excluding hydrogens is 432 g/mol. The molecule has 1 fully saturated rings. The van der Waals surface area contributed by atoms with Crippen molar-refractivity contribution in [3.8, 4) is 5.75 Å². The van der Waals surface area contributed by atoms with Crippen LogP contribution >= 0.6 is 11.6 Å². The summed E-state index contributed by atoms with van der Waals surface area (Å²) in [5, 5.41) is 10.6. The number of piperazine rings is 1. The van der Waals surface area contributed by atoms with Gasteiger partial charge in [-0.15, -0.1) is 0 Å². The van der Waals surface area contributed by atoms with Gasteiger partial charge in [0.15, 0.2) is 0 Å². The van der Waals surface area contributed by atoms with E-state index >= 15 is 0 Å². The predicted molar refractivity (Wildman–Crippen MR) is 122 cm³/mol. The number of amides is 1. The summed E-state index contributed by atoms with van der Waals surface area (Å²) in [7, 11) is 0. The predicted octanol–water partition coefficient (Wildman–Crippen LogP) is 2.38. The third kappa shape index (κ3) is 6.40. The van der Waals surface area contributed by atoms with E-state index in [1.54, 1.807) is 17.2 Å². The van der Waals surface area contributed by atoms with E-state index in [-0.39, 0.29) is 5.91 Å². The van der Waals surface area contributed by atoms with Crippen molar-refractivity contribution in [2.24, 2.45) is 5.92 Å². The van der Waals surface area contributed by atoms with Crippen LogP contribution in [0.2, 0.25) is 5.15 Å². The van der Waals surface area contributed by atoms with Crippen molar-refractivity contribution in [2.45, 2.75) is 32.3 Å². The second-order valence-corrected chi connectivity index (χ2v) is 8.08. The number of aliphatic hydroxyl groups is 1. The average molecular weight is 461 g/mol. The number of hydrogen-bond donors (Lipinski definition) is 1.